The molecule has 0 saturated carbocycles. The summed E-state index contributed by atoms with van der Waals surface area (Å²) in [5, 5.41) is 0. The van der Waals surface area contributed by atoms with Crippen LogP contribution in [0.15, 0.2) is 60.9 Å². The molecule has 1 atom stereocenters. The first-order valence-electron chi connectivity index (χ1n) is 6.91. The minimum Gasteiger partial charge on any atom is -0.424 e. The fraction of sp³-hybridized carbons (Fsp3) is 0.389. The van der Waals surface area contributed by atoms with Crippen LogP contribution in [0.3, 0.4) is 0 Å². The minimum absolute atomic E-state index is 0.225. The SMILES string of the molecule is C=C/C=C/C(=O)OC(=C)C=CC1C(C)=CCCC1(C)C. The van der Waals surface area contributed by atoms with Gasteiger partial charge in [0.1, 0.15) is 5.76 Å². The average molecular weight is 272 g/mol. The van der Waals surface area contributed by atoms with Gasteiger partial charge in [0.05, 0.1) is 0 Å². The van der Waals surface area contributed by atoms with E-state index in [1.165, 1.54) is 23.8 Å². The topological polar surface area (TPSA) is 26.3 Å². The van der Waals surface area contributed by atoms with E-state index in [-0.39, 0.29) is 5.41 Å². The lowest BCUT2D eigenvalue weighted by Gasteiger charge is -2.36. The van der Waals surface area contributed by atoms with E-state index < -0.39 is 5.97 Å². The Morgan fingerprint density at radius 3 is 2.75 bits per heavy atom. The quantitative estimate of drug-likeness (QED) is 0.238. The number of allylic oxidation sites excluding steroid dienone is 6. The molecule has 0 aromatic heterocycles. The molecule has 0 fully saturated rings. The van der Waals surface area contributed by atoms with Crippen LogP contribution in [-0.2, 0) is 9.53 Å². The van der Waals surface area contributed by atoms with Crippen molar-refractivity contribution in [3.8, 4) is 0 Å². The highest BCUT2D eigenvalue weighted by atomic mass is 16.5. The normalized spacial score (nSPS) is 21.8. The van der Waals surface area contributed by atoms with E-state index in [9.17, 15) is 4.79 Å². The Bertz CT molecular complexity index is 476. The molecule has 0 amide bonds. The maximum absolute atomic E-state index is 11.4. The third kappa shape index (κ3) is 4.69. The summed E-state index contributed by atoms with van der Waals surface area (Å²) in [6.45, 7) is 13.9. The van der Waals surface area contributed by atoms with Crippen molar-refractivity contribution < 1.29 is 9.53 Å². The number of rotatable bonds is 5. The standard InChI is InChI=1S/C18H24O2/c1-6-7-10-17(19)20-15(3)11-12-16-14(2)9-8-13-18(16,4)5/h6-7,9-12,16H,1,3,8,13H2,2,4-5H3/b10-7+,12-11?. The van der Waals surface area contributed by atoms with Crippen LogP contribution in [0.1, 0.15) is 33.6 Å². The molecule has 0 aromatic carbocycles. The van der Waals surface area contributed by atoms with Crippen molar-refractivity contribution >= 4 is 5.97 Å². The van der Waals surface area contributed by atoms with Gasteiger partial charge in [-0.15, -0.1) is 0 Å². The highest BCUT2D eigenvalue weighted by Gasteiger charge is 2.30. The lowest BCUT2D eigenvalue weighted by Crippen LogP contribution is -2.26. The van der Waals surface area contributed by atoms with Gasteiger partial charge < -0.3 is 4.74 Å². The van der Waals surface area contributed by atoms with E-state index in [0.29, 0.717) is 11.7 Å². The number of ether oxygens (including phenoxy) is 1. The summed E-state index contributed by atoms with van der Waals surface area (Å²) in [6.07, 6.45) is 12.8. The van der Waals surface area contributed by atoms with Crippen LogP contribution in [0.2, 0.25) is 0 Å². The predicted molar refractivity (Wildman–Crippen MR) is 84.0 cm³/mol. The predicted octanol–water partition coefficient (Wildman–Crippen LogP) is 4.72. The summed E-state index contributed by atoms with van der Waals surface area (Å²) in [5.41, 5.74) is 1.59. The van der Waals surface area contributed by atoms with E-state index in [0.717, 1.165) is 12.8 Å². The van der Waals surface area contributed by atoms with Crippen LogP contribution in [0.5, 0.6) is 0 Å². The number of hydrogen-bond acceptors (Lipinski definition) is 2. The second kappa shape index (κ2) is 7.09. The highest BCUT2D eigenvalue weighted by molar-refractivity contribution is 5.83. The van der Waals surface area contributed by atoms with Gasteiger partial charge in [-0.25, -0.2) is 4.79 Å². The summed E-state index contributed by atoms with van der Waals surface area (Å²) in [4.78, 5) is 11.4. The largest absolute Gasteiger partial charge is 0.424 e. The van der Waals surface area contributed by atoms with Gasteiger partial charge in [-0.3, -0.25) is 0 Å². The molecule has 1 rings (SSSR count). The minimum atomic E-state index is -0.435. The molecule has 2 nitrogen and oxygen atoms in total. The summed E-state index contributed by atoms with van der Waals surface area (Å²) < 4.78 is 5.07. The van der Waals surface area contributed by atoms with Crippen LogP contribution in [0, 0.1) is 11.3 Å². The van der Waals surface area contributed by atoms with Crippen LogP contribution in [-0.4, -0.2) is 5.97 Å². The van der Waals surface area contributed by atoms with Crippen LogP contribution >= 0.6 is 0 Å². The first kappa shape index (κ1) is 16.2. The summed E-state index contributed by atoms with van der Waals surface area (Å²) in [7, 11) is 0. The van der Waals surface area contributed by atoms with Gasteiger partial charge in [0.15, 0.2) is 0 Å². The molecule has 1 aliphatic rings. The zero-order valence-electron chi connectivity index (χ0n) is 12.7. The van der Waals surface area contributed by atoms with Gasteiger partial charge >= 0.3 is 5.97 Å². The zero-order chi connectivity index (χ0) is 15.2. The van der Waals surface area contributed by atoms with Crippen molar-refractivity contribution in [2.45, 2.75) is 33.6 Å². The Morgan fingerprint density at radius 1 is 1.45 bits per heavy atom. The van der Waals surface area contributed by atoms with Gasteiger partial charge in [0.2, 0.25) is 0 Å². The van der Waals surface area contributed by atoms with Crippen molar-refractivity contribution in [2.24, 2.45) is 11.3 Å². The molecule has 0 N–H and O–H groups in total. The van der Waals surface area contributed by atoms with Crippen molar-refractivity contribution in [3.63, 3.8) is 0 Å². The maximum atomic E-state index is 11.4. The van der Waals surface area contributed by atoms with E-state index in [4.69, 9.17) is 4.74 Å². The lowest BCUT2D eigenvalue weighted by molar-refractivity contribution is -0.133. The Kier molecular flexibility index (Phi) is 5.75. The van der Waals surface area contributed by atoms with Crippen molar-refractivity contribution in [2.75, 3.05) is 0 Å². The Balaban J connectivity index is 2.67. The van der Waals surface area contributed by atoms with Crippen molar-refractivity contribution in [1.82, 2.24) is 0 Å². The third-order valence-corrected chi connectivity index (χ3v) is 3.66. The van der Waals surface area contributed by atoms with Crippen LogP contribution in [0.4, 0.5) is 0 Å². The van der Waals surface area contributed by atoms with Crippen LogP contribution < -0.4 is 0 Å². The molecule has 0 heterocycles. The van der Waals surface area contributed by atoms with Crippen LogP contribution in [0.25, 0.3) is 0 Å². The molecule has 20 heavy (non-hydrogen) atoms. The fourth-order valence-corrected chi connectivity index (χ4v) is 2.53. The summed E-state index contributed by atoms with van der Waals surface area (Å²) in [5.74, 6) is 0.281. The summed E-state index contributed by atoms with van der Waals surface area (Å²) >= 11 is 0. The van der Waals surface area contributed by atoms with Crippen molar-refractivity contribution in [1.29, 1.82) is 0 Å². The molecule has 0 aliphatic heterocycles. The number of carbonyl (C=O) groups excluding carboxylic acids is 1. The maximum Gasteiger partial charge on any atom is 0.336 e. The highest BCUT2D eigenvalue weighted by Crippen LogP contribution is 2.41. The molecule has 0 saturated heterocycles. The van der Waals surface area contributed by atoms with E-state index in [2.05, 4.69) is 46.1 Å². The molecule has 0 radical (unpaired) electrons. The first-order chi connectivity index (χ1) is 9.36. The van der Waals surface area contributed by atoms with Gasteiger partial charge in [-0.1, -0.05) is 56.9 Å². The zero-order valence-corrected chi connectivity index (χ0v) is 12.7. The van der Waals surface area contributed by atoms with Gasteiger partial charge in [0.25, 0.3) is 0 Å². The summed E-state index contributed by atoms with van der Waals surface area (Å²) in [6, 6.07) is 0. The van der Waals surface area contributed by atoms with Gasteiger partial charge in [-0.05, 0) is 31.3 Å². The smallest absolute Gasteiger partial charge is 0.336 e. The Morgan fingerprint density at radius 2 is 2.15 bits per heavy atom. The van der Waals surface area contributed by atoms with E-state index >= 15 is 0 Å². The molecular weight excluding hydrogens is 248 g/mol. The van der Waals surface area contributed by atoms with E-state index in [1.54, 1.807) is 6.08 Å². The van der Waals surface area contributed by atoms with Gasteiger partial charge in [0, 0.05) is 12.0 Å². The average Bonchev–Trinajstić information content (AvgIpc) is 2.34. The molecule has 0 aromatic rings. The van der Waals surface area contributed by atoms with E-state index in [1.807, 2.05) is 0 Å². The molecule has 1 unspecified atom stereocenters. The second-order valence-electron chi connectivity index (χ2n) is 5.79. The third-order valence-electron chi connectivity index (χ3n) is 3.66. The molecule has 0 bridgehead atoms. The molecular formula is C18H24O2. The fourth-order valence-electron chi connectivity index (χ4n) is 2.53. The molecule has 108 valence electrons. The molecule has 1 aliphatic carbocycles. The lowest BCUT2D eigenvalue weighted by atomic mass is 9.68. The Hall–Kier alpha value is -1.83. The molecule has 0 spiro atoms. The monoisotopic (exact) mass is 272 g/mol. The number of carbonyl (C=O) groups is 1. The first-order valence-corrected chi connectivity index (χ1v) is 6.91. The second-order valence-corrected chi connectivity index (χ2v) is 5.79. The molecule has 2 heteroatoms. The number of hydrogen-bond donors (Lipinski definition) is 0. The number of esters is 1. The van der Waals surface area contributed by atoms with Crippen molar-refractivity contribution in [3.05, 3.63) is 60.9 Å². The Labute approximate surface area is 122 Å². The van der Waals surface area contributed by atoms with Gasteiger partial charge in [-0.2, -0.15) is 0 Å².